The fourth-order valence-corrected chi connectivity index (χ4v) is 3.46. The second kappa shape index (κ2) is 9.31. The summed E-state index contributed by atoms with van der Waals surface area (Å²) in [5, 5.41) is 2.97. The topological polar surface area (TPSA) is 35.6 Å². The van der Waals surface area contributed by atoms with E-state index in [1.54, 1.807) is 6.07 Å². The molecule has 3 rings (SSSR count). The lowest BCUT2D eigenvalue weighted by Crippen LogP contribution is -2.53. The molecule has 1 fully saturated rings. The van der Waals surface area contributed by atoms with E-state index in [0.717, 1.165) is 39.1 Å². The van der Waals surface area contributed by atoms with Crippen LogP contribution < -0.4 is 5.32 Å². The molecular weight excluding hydrogens is 365 g/mol. The first-order valence-corrected chi connectivity index (χ1v) is 9.67. The molecule has 0 bridgehead atoms. The van der Waals surface area contributed by atoms with Crippen LogP contribution in [0.3, 0.4) is 0 Å². The monoisotopic (exact) mass is 389 g/mol. The molecule has 1 atom stereocenters. The minimum Gasteiger partial charge on any atom is -0.322 e. The van der Waals surface area contributed by atoms with Crippen molar-refractivity contribution in [3.8, 4) is 0 Å². The molecule has 1 aliphatic heterocycles. The van der Waals surface area contributed by atoms with Gasteiger partial charge < -0.3 is 10.2 Å². The van der Waals surface area contributed by atoms with E-state index in [0.29, 0.717) is 5.02 Å². The highest BCUT2D eigenvalue weighted by molar-refractivity contribution is 6.30. The Labute approximate surface area is 164 Å². The van der Waals surface area contributed by atoms with Crippen LogP contribution in [0.15, 0.2) is 48.5 Å². The van der Waals surface area contributed by atoms with Crippen molar-refractivity contribution in [1.29, 1.82) is 0 Å². The fraction of sp³-hybridized carbons (Fsp3) is 0.381. The van der Waals surface area contributed by atoms with E-state index in [1.165, 1.54) is 17.7 Å². The van der Waals surface area contributed by atoms with Crippen molar-refractivity contribution in [2.75, 3.05) is 38.0 Å². The molecule has 27 heavy (non-hydrogen) atoms. The quantitative estimate of drug-likeness (QED) is 0.818. The average Bonchev–Trinajstić information content (AvgIpc) is 2.69. The van der Waals surface area contributed by atoms with Crippen LogP contribution in [0.4, 0.5) is 10.1 Å². The minimum atomic E-state index is -0.520. The molecular formula is C21H25ClFN3O. The highest BCUT2D eigenvalue weighted by Gasteiger charge is 2.26. The second-order valence-corrected chi connectivity index (χ2v) is 7.34. The maximum absolute atomic E-state index is 13.9. The Morgan fingerprint density at radius 2 is 1.85 bits per heavy atom. The standard InChI is InChI=1S/C21H25ClFN3O/c1-16(21(27)24-20-8-7-18(22)15-19(20)23)26-13-11-25(12-14-26)10-9-17-5-3-2-4-6-17/h2-8,15-16H,9-14H2,1H3,(H,24,27)/t16-/m0/s1. The van der Waals surface area contributed by atoms with Crippen molar-refractivity contribution in [3.05, 3.63) is 64.9 Å². The summed E-state index contributed by atoms with van der Waals surface area (Å²) in [4.78, 5) is 17.0. The molecule has 1 aliphatic rings. The molecule has 1 heterocycles. The van der Waals surface area contributed by atoms with Crippen molar-refractivity contribution in [3.63, 3.8) is 0 Å². The van der Waals surface area contributed by atoms with Crippen molar-refractivity contribution < 1.29 is 9.18 Å². The molecule has 144 valence electrons. The molecule has 0 unspecified atom stereocenters. The van der Waals surface area contributed by atoms with Gasteiger partial charge in [-0.05, 0) is 37.1 Å². The van der Waals surface area contributed by atoms with E-state index in [1.807, 2.05) is 13.0 Å². The Balaban J connectivity index is 1.46. The first-order valence-electron chi connectivity index (χ1n) is 9.29. The Kier molecular flexibility index (Phi) is 6.83. The van der Waals surface area contributed by atoms with Gasteiger partial charge in [0.05, 0.1) is 11.7 Å². The van der Waals surface area contributed by atoms with Gasteiger partial charge in [-0.1, -0.05) is 41.9 Å². The molecule has 1 amide bonds. The minimum absolute atomic E-state index is 0.165. The lowest BCUT2D eigenvalue weighted by molar-refractivity contribution is -0.121. The molecule has 0 aliphatic carbocycles. The van der Waals surface area contributed by atoms with Gasteiger partial charge in [0.25, 0.3) is 0 Å². The van der Waals surface area contributed by atoms with Crippen LogP contribution in [0.25, 0.3) is 0 Å². The van der Waals surface area contributed by atoms with Crippen LogP contribution in [0.5, 0.6) is 0 Å². The van der Waals surface area contributed by atoms with Gasteiger partial charge in [-0.2, -0.15) is 0 Å². The van der Waals surface area contributed by atoms with Crippen molar-refractivity contribution >= 4 is 23.2 Å². The van der Waals surface area contributed by atoms with Gasteiger partial charge in [-0.15, -0.1) is 0 Å². The smallest absolute Gasteiger partial charge is 0.241 e. The number of amides is 1. The van der Waals surface area contributed by atoms with Crippen molar-refractivity contribution in [2.45, 2.75) is 19.4 Å². The summed E-state index contributed by atoms with van der Waals surface area (Å²) >= 11 is 5.75. The predicted octanol–water partition coefficient (Wildman–Crippen LogP) is 3.67. The third-order valence-corrected chi connectivity index (χ3v) is 5.32. The summed E-state index contributed by atoms with van der Waals surface area (Å²) in [6.45, 7) is 6.40. The predicted molar refractivity (Wildman–Crippen MR) is 108 cm³/mol. The number of rotatable bonds is 6. The summed E-state index contributed by atoms with van der Waals surface area (Å²) < 4.78 is 13.9. The number of hydrogen-bond acceptors (Lipinski definition) is 3. The van der Waals surface area contributed by atoms with E-state index < -0.39 is 5.82 Å². The zero-order valence-electron chi connectivity index (χ0n) is 15.5. The van der Waals surface area contributed by atoms with Crippen LogP contribution >= 0.6 is 11.6 Å². The van der Waals surface area contributed by atoms with E-state index in [9.17, 15) is 9.18 Å². The number of nitrogens with zero attached hydrogens (tertiary/aromatic N) is 2. The molecule has 0 aromatic heterocycles. The van der Waals surface area contributed by atoms with Gasteiger partial charge >= 0.3 is 0 Å². The van der Waals surface area contributed by atoms with Gasteiger partial charge in [-0.3, -0.25) is 9.69 Å². The van der Waals surface area contributed by atoms with Gasteiger partial charge in [0.15, 0.2) is 0 Å². The summed E-state index contributed by atoms with van der Waals surface area (Å²) in [7, 11) is 0. The Bertz CT molecular complexity index is 763. The first kappa shape index (κ1) is 19.8. The number of piperazine rings is 1. The van der Waals surface area contributed by atoms with E-state index in [2.05, 4.69) is 39.4 Å². The van der Waals surface area contributed by atoms with E-state index in [-0.39, 0.29) is 17.6 Å². The van der Waals surface area contributed by atoms with Gasteiger partial charge in [-0.25, -0.2) is 4.39 Å². The van der Waals surface area contributed by atoms with Crippen LogP contribution in [0, 0.1) is 5.82 Å². The molecule has 0 radical (unpaired) electrons. The molecule has 1 saturated heterocycles. The van der Waals surface area contributed by atoms with Crippen molar-refractivity contribution in [1.82, 2.24) is 9.80 Å². The van der Waals surface area contributed by atoms with Crippen LogP contribution in [-0.4, -0.2) is 54.5 Å². The lowest BCUT2D eigenvalue weighted by Gasteiger charge is -2.37. The number of nitrogens with one attached hydrogen (secondary N) is 1. The van der Waals surface area contributed by atoms with Crippen LogP contribution in [-0.2, 0) is 11.2 Å². The third-order valence-electron chi connectivity index (χ3n) is 5.08. The van der Waals surface area contributed by atoms with Gasteiger partial charge in [0, 0.05) is 37.7 Å². The molecule has 0 spiro atoms. The lowest BCUT2D eigenvalue weighted by atomic mass is 10.1. The number of benzene rings is 2. The number of anilines is 1. The second-order valence-electron chi connectivity index (χ2n) is 6.90. The Hall–Kier alpha value is -1.95. The number of carbonyl (C=O) groups is 1. The molecule has 2 aromatic carbocycles. The number of halogens is 2. The summed E-state index contributed by atoms with van der Waals surface area (Å²) in [5.74, 6) is -0.720. The van der Waals surface area contributed by atoms with Gasteiger partial charge in [0.1, 0.15) is 5.82 Å². The largest absolute Gasteiger partial charge is 0.322 e. The van der Waals surface area contributed by atoms with E-state index >= 15 is 0 Å². The van der Waals surface area contributed by atoms with Crippen molar-refractivity contribution in [2.24, 2.45) is 0 Å². The average molecular weight is 390 g/mol. The summed E-state index contributed by atoms with van der Waals surface area (Å²) in [6, 6.07) is 14.4. The first-order chi connectivity index (χ1) is 13.0. The zero-order chi connectivity index (χ0) is 19.2. The van der Waals surface area contributed by atoms with Gasteiger partial charge in [0.2, 0.25) is 5.91 Å². The summed E-state index contributed by atoms with van der Waals surface area (Å²) in [5.41, 5.74) is 1.51. The summed E-state index contributed by atoms with van der Waals surface area (Å²) in [6.07, 6.45) is 1.03. The molecule has 4 nitrogen and oxygen atoms in total. The molecule has 1 N–H and O–H groups in total. The van der Waals surface area contributed by atoms with Crippen LogP contribution in [0.1, 0.15) is 12.5 Å². The third kappa shape index (κ3) is 5.51. The van der Waals surface area contributed by atoms with E-state index in [4.69, 9.17) is 11.6 Å². The maximum Gasteiger partial charge on any atom is 0.241 e. The SMILES string of the molecule is C[C@@H](C(=O)Nc1ccc(Cl)cc1F)N1CCN(CCc2ccccc2)CC1. The number of hydrogen-bond donors (Lipinski definition) is 1. The fourth-order valence-electron chi connectivity index (χ4n) is 3.30. The maximum atomic E-state index is 13.9. The molecule has 6 heteroatoms. The number of carbonyl (C=O) groups excluding carboxylic acids is 1. The Morgan fingerprint density at radius 1 is 1.15 bits per heavy atom. The molecule has 0 saturated carbocycles. The normalized spacial score (nSPS) is 16.9. The Morgan fingerprint density at radius 3 is 2.52 bits per heavy atom. The van der Waals surface area contributed by atoms with Crippen LogP contribution in [0.2, 0.25) is 5.02 Å². The molecule has 2 aromatic rings. The highest BCUT2D eigenvalue weighted by atomic mass is 35.5. The highest BCUT2D eigenvalue weighted by Crippen LogP contribution is 2.19. The zero-order valence-corrected chi connectivity index (χ0v) is 16.3.